The molecule has 0 saturated heterocycles. The van der Waals surface area contributed by atoms with Gasteiger partial charge in [0.15, 0.2) is 11.5 Å². The second-order valence-electron chi connectivity index (χ2n) is 4.21. The number of anilines is 1. The molecule has 0 spiro atoms. The standard InChI is InChI=1S/C13H13N3O3/c17-13(15-12-5-6-14-16-12)4-2-9-1-3-10-11(7-9)19-8-18-10/h1,3,5-7H,2,4,8H2,(H2,14,15,16,17). The van der Waals surface area contributed by atoms with E-state index in [1.807, 2.05) is 18.2 Å². The summed E-state index contributed by atoms with van der Waals surface area (Å²) in [7, 11) is 0. The summed E-state index contributed by atoms with van der Waals surface area (Å²) in [5, 5.41) is 9.18. The molecule has 1 aliphatic heterocycles. The molecular formula is C13H13N3O3. The monoisotopic (exact) mass is 259 g/mol. The van der Waals surface area contributed by atoms with Crippen LogP contribution in [0.3, 0.4) is 0 Å². The number of carbonyl (C=O) groups is 1. The maximum Gasteiger partial charge on any atom is 0.231 e. The maximum absolute atomic E-state index is 11.7. The number of fused-ring (bicyclic) bond motifs is 1. The van der Waals surface area contributed by atoms with E-state index in [1.165, 1.54) is 0 Å². The fourth-order valence-electron chi connectivity index (χ4n) is 1.89. The first kappa shape index (κ1) is 11.6. The molecule has 2 N–H and O–H groups in total. The minimum atomic E-state index is -0.0538. The van der Waals surface area contributed by atoms with Crippen LogP contribution >= 0.6 is 0 Å². The van der Waals surface area contributed by atoms with Crippen molar-refractivity contribution >= 4 is 11.7 Å². The summed E-state index contributed by atoms with van der Waals surface area (Å²) in [5.74, 6) is 2.05. The van der Waals surface area contributed by atoms with E-state index < -0.39 is 0 Å². The Balaban J connectivity index is 1.56. The van der Waals surface area contributed by atoms with Crippen molar-refractivity contribution in [2.45, 2.75) is 12.8 Å². The van der Waals surface area contributed by atoms with Gasteiger partial charge in [-0.05, 0) is 24.1 Å². The molecule has 3 rings (SSSR count). The van der Waals surface area contributed by atoms with Gasteiger partial charge in [0.2, 0.25) is 12.7 Å². The van der Waals surface area contributed by atoms with Crippen LogP contribution in [0, 0.1) is 0 Å². The number of amides is 1. The molecule has 1 aromatic heterocycles. The first-order chi connectivity index (χ1) is 9.31. The van der Waals surface area contributed by atoms with Gasteiger partial charge < -0.3 is 14.8 Å². The summed E-state index contributed by atoms with van der Waals surface area (Å²) in [6.07, 6.45) is 2.64. The SMILES string of the molecule is O=C(CCc1ccc2c(c1)OCO2)Nc1ccn[nH]1. The highest BCUT2D eigenvalue weighted by atomic mass is 16.7. The Morgan fingerprint density at radius 2 is 2.21 bits per heavy atom. The number of aryl methyl sites for hydroxylation is 1. The number of nitrogens with one attached hydrogen (secondary N) is 2. The molecule has 0 bridgehead atoms. The van der Waals surface area contributed by atoms with Crippen LogP contribution in [0.4, 0.5) is 5.82 Å². The average Bonchev–Trinajstić information content (AvgIpc) is 3.06. The molecule has 2 heterocycles. The molecule has 1 aromatic carbocycles. The molecule has 6 nitrogen and oxygen atoms in total. The fraction of sp³-hybridized carbons (Fsp3) is 0.231. The number of aromatic amines is 1. The Labute approximate surface area is 109 Å². The van der Waals surface area contributed by atoms with Crippen LogP contribution in [0.25, 0.3) is 0 Å². The zero-order chi connectivity index (χ0) is 13.1. The zero-order valence-corrected chi connectivity index (χ0v) is 10.2. The largest absolute Gasteiger partial charge is 0.454 e. The Hall–Kier alpha value is -2.50. The van der Waals surface area contributed by atoms with E-state index in [2.05, 4.69) is 15.5 Å². The number of nitrogens with zero attached hydrogens (tertiary/aromatic N) is 1. The van der Waals surface area contributed by atoms with Gasteiger partial charge in [0.05, 0.1) is 6.20 Å². The predicted molar refractivity (Wildman–Crippen MR) is 68.1 cm³/mol. The molecule has 0 unspecified atom stereocenters. The van der Waals surface area contributed by atoms with Gasteiger partial charge in [-0.15, -0.1) is 0 Å². The van der Waals surface area contributed by atoms with Gasteiger partial charge in [0, 0.05) is 12.5 Å². The van der Waals surface area contributed by atoms with Crippen molar-refractivity contribution in [2.75, 3.05) is 12.1 Å². The van der Waals surface area contributed by atoms with E-state index in [-0.39, 0.29) is 12.7 Å². The van der Waals surface area contributed by atoms with Crippen molar-refractivity contribution in [3.05, 3.63) is 36.0 Å². The molecule has 1 aliphatic rings. The normalized spacial score (nSPS) is 12.4. The molecule has 0 fully saturated rings. The summed E-state index contributed by atoms with van der Waals surface area (Å²) in [6.45, 7) is 0.263. The molecule has 1 amide bonds. The quantitative estimate of drug-likeness (QED) is 0.876. The average molecular weight is 259 g/mol. The third-order valence-corrected chi connectivity index (χ3v) is 2.85. The molecule has 2 aromatic rings. The Kier molecular flexibility index (Phi) is 3.06. The van der Waals surface area contributed by atoms with Crippen molar-refractivity contribution in [1.82, 2.24) is 10.2 Å². The van der Waals surface area contributed by atoms with E-state index in [4.69, 9.17) is 9.47 Å². The number of hydrogen-bond acceptors (Lipinski definition) is 4. The second-order valence-corrected chi connectivity index (χ2v) is 4.21. The third-order valence-electron chi connectivity index (χ3n) is 2.85. The lowest BCUT2D eigenvalue weighted by molar-refractivity contribution is -0.116. The number of carbonyl (C=O) groups excluding carboxylic acids is 1. The Morgan fingerprint density at radius 1 is 1.32 bits per heavy atom. The van der Waals surface area contributed by atoms with Gasteiger partial charge >= 0.3 is 0 Å². The first-order valence-electron chi connectivity index (χ1n) is 5.99. The molecule has 0 atom stereocenters. The number of benzene rings is 1. The van der Waals surface area contributed by atoms with Crippen molar-refractivity contribution in [1.29, 1.82) is 0 Å². The zero-order valence-electron chi connectivity index (χ0n) is 10.2. The second kappa shape index (κ2) is 5.01. The minimum absolute atomic E-state index is 0.0538. The summed E-state index contributed by atoms with van der Waals surface area (Å²) in [5.41, 5.74) is 1.05. The maximum atomic E-state index is 11.7. The summed E-state index contributed by atoms with van der Waals surface area (Å²) < 4.78 is 10.5. The minimum Gasteiger partial charge on any atom is -0.454 e. The van der Waals surface area contributed by atoms with Crippen molar-refractivity contribution < 1.29 is 14.3 Å². The van der Waals surface area contributed by atoms with Gasteiger partial charge in [0.1, 0.15) is 5.82 Å². The molecule has 0 saturated carbocycles. The molecule has 98 valence electrons. The fourth-order valence-corrected chi connectivity index (χ4v) is 1.89. The van der Waals surface area contributed by atoms with E-state index in [0.717, 1.165) is 17.1 Å². The smallest absolute Gasteiger partial charge is 0.231 e. The number of aromatic nitrogens is 2. The highest BCUT2D eigenvalue weighted by molar-refractivity contribution is 5.89. The van der Waals surface area contributed by atoms with E-state index in [1.54, 1.807) is 12.3 Å². The van der Waals surface area contributed by atoms with Crippen LogP contribution in [0.15, 0.2) is 30.5 Å². The Morgan fingerprint density at radius 3 is 3.05 bits per heavy atom. The van der Waals surface area contributed by atoms with Crippen LogP contribution in [0.2, 0.25) is 0 Å². The first-order valence-corrected chi connectivity index (χ1v) is 5.99. The summed E-state index contributed by atoms with van der Waals surface area (Å²) in [6, 6.07) is 7.42. The van der Waals surface area contributed by atoms with Gasteiger partial charge in [-0.25, -0.2) is 0 Å². The van der Waals surface area contributed by atoms with Crippen LogP contribution in [0.1, 0.15) is 12.0 Å². The van der Waals surface area contributed by atoms with Crippen LogP contribution in [0.5, 0.6) is 11.5 Å². The Bertz CT molecular complexity index is 581. The molecule has 0 aliphatic carbocycles. The lowest BCUT2D eigenvalue weighted by Crippen LogP contribution is -2.12. The van der Waals surface area contributed by atoms with E-state index in [9.17, 15) is 4.79 Å². The highest BCUT2D eigenvalue weighted by Crippen LogP contribution is 2.32. The van der Waals surface area contributed by atoms with Crippen LogP contribution in [-0.2, 0) is 11.2 Å². The summed E-state index contributed by atoms with van der Waals surface area (Å²) in [4.78, 5) is 11.7. The number of ether oxygens (including phenoxy) is 2. The van der Waals surface area contributed by atoms with Gasteiger partial charge in [0.25, 0.3) is 0 Å². The topological polar surface area (TPSA) is 76.2 Å². The van der Waals surface area contributed by atoms with Crippen molar-refractivity contribution in [3.8, 4) is 11.5 Å². The predicted octanol–water partition coefficient (Wildman–Crippen LogP) is 1.71. The van der Waals surface area contributed by atoms with Crippen LogP contribution in [-0.4, -0.2) is 22.9 Å². The number of H-pyrrole nitrogens is 1. The third kappa shape index (κ3) is 2.67. The van der Waals surface area contributed by atoms with Gasteiger partial charge in [-0.3, -0.25) is 9.89 Å². The molecule has 6 heteroatoms. The highest BCUT2D eigenvalue weighted by Gasteiger charge is 2.13. The molecule has 19 heavy (non-hydrogen) atoms. The number of hydrogen-bond donors (Lipinski definition) is 2. The van der Waals surface area contributed by atoms with E-state index >= 15 is 0 Å². The molecular weight excluding hydrogens is 246 g/mol. The van der Waals surface area contributed by atoms with Crippen molar-refractivity contribution in [2.24, 2.45) is 0 Å². The lowest BCUT2D eigenvalue weighted by Gasteiger charge is -2.04. The number of rotatable bonds is 4. The summed E-state index contributed by atoms with van der Waals surface area (Å²) >= 11 is 0. The van der Waals surface area contributed by atoms with Crippen LogP contribution < -0.4 is 14.8 Å². The van der Waals surface area contributed by atoms with Gasteiger partial charge in [-0.1, -0.05) is 6.07 Å². The van der Waals surface area contributed by atoms with E-state index in [0.29, 0.717) is 18.7 Å². The lowest BCUT2D eigenvalue weighted by atomic mass is 10.1. The van der Waals surface area contributed by atoms with Crippen molar-refractivity contribution in [3.63, 3.8) is 0 Å². The molecule has 0 radical (unpaired) electrons. The van der Waals surface area contributed by atoms with Gasteiger partial charge in [-0.2, -0.15) is 5.10 Å².